The predicted octanol–water partition coefficient (Wildman–Crippen LogP) is 1.95. The lowest BCUT2D eigenvalue weighted by molar-refractivity contribution is 0.154. The number of hydrogen-bond donors (Lipinski definition) is 2. The van der Waals surface area contributed by atoms with Crippen molar-refractivity contribution in [3.63, 3.8) is 0 Å². The van der Waals surface area contributed by atoms with Crippen LogP contribution in [0.4, 0.5) is 0 Å². The van der Waals surface area contributed by atoms with Gasteiger partial charge in [-0.1, -0.05) is 30.3 Å². The number of guanidine groups is 1. The van der Waals surface area contributed by atoms with Gasteiger partial charge >= 0.3 is 0 Å². The highest BCUT2D eigenvalue weighted by Gasteiger charge is 2.43. The van der Waals surface area contributed by atoms with Crippen LogP contribution in [0.25, 0.3) is 0 Å². The molecule has 0 radical (unpaired) electrons. The second-order valence-corrected chi connectivity index (χ2v) is 8.77. The Morgan fingerprint density at radius 2 is 1.88 bits per heavy atom. The lowest BCUT2D eigenvalue weighted by Gasteiger charge is -2.16. The number of hydrogen-bond acceptors (Lipinski definition) is 4. The van der Waals surface area contributed by atoms with Crippen molar-refractivity contribution in [1.29, 1.82) is 0 Å². The molecule has 0 aliphatic heterocycles. The first-order valence-electron chi connectivity index (χ1n) is 8.78. The second-order valence-electron chi connectivity index (χ2n) is 6.51. The predicted molar refractivity (Wildman–Crippen MR) is 117 cm³/mol. The van der Waals surface area contributed by atoms with Gasteiger partial charge in [-0.15, -0.1) is 24.0 Å². The van der Waals surface area contributed by atoms with Gasteiger partial charge in [-0.05, 0) is 25.3 Å². The number of rotatable bonds is 10. The summed E-state index contributed by atoms with van der Waals surface area (Å²) >= 11 is 0. The van der Waals surface area contributed by atoms with Crippen molar-refractivity contribution in [3.05, 3.63) is 35.9 Å². The molecule has 1 saturated carbocycles. The summed E-state index contributed by atoms with van der Waals surface area (Å²) in [4.78, 5) is 4.72. The average molecular weight is 495 g/mol. The van der Waals surface area contributed by atoms with Crippen LogP contribution >= 0.6 is 24.0 Å². The van der Waals surface area contributed by atoms with E-state index in [0.717, 1.165) is 19.0 Å². The number of nitrogens with zero attached hydrogens (tertiary/aromatic N) is 1. The molecular formula is C18H30IN3O3S. The van der Waals surface area contributed by atoms with Crippen molar-refractivity contribution in [2.45, 2.75) is 25.2 Å². The molecule has 1 aromatic rings. The first-order chi connectivity index (χ1) is 12.0. The van der Waals surface area contributed by atoms with Crippen LogP contribution < -0.4 is 10.6 Å². The molecule has 0 saturated heterocycles. The Balaban J connectivity index is 0.00000338. The van der Waals surface area contributed by atoms with E-state index >= 15 is 0 Å². The van der Waals surface area contributed by atoms with Crippen LogP contribution in [0.15, 0.2) is 35.3 Å². The smallest absolute Gasteiger partial charge is 0.191 e. The third-order valence-electron chi connectivity index (χ3n) is 4.26. The van der Waals surface area contributed by atoms with Gasteiger partial charge in [0.2, 0.25) is 0 Å². The van der Waals surface area contributed by atoms with Crippen LogP contribution in [0.5, 0.6) is 0 Å². The van der Waals surface area contributed by atoms with Crippen LogP contribution in [-0.4, -0.2) is 59.2 Å². The number of nitrogens with one attached hydrogen (secondary N) is 2. The van der Waals surface area contributed by atoms with E-state index in [1.165, 1.54) is 24.7 Å². The van der Waals surface area contributed by atoms with Crippen molar-refractivity contribution in [1.82, 2.24) is 10.6 Å². The van der Waals surface area contributed by atoms with E-state index in [9.17, 15) is 8.42 Å². The van der Waals surface area contributed by atoms with E-state index in [-0.39, 0.29) is 41.8 Å². The van der Waals surface area contributed by atoms with Crippen LogP contribution in [0.1, 0.15) is 25.3 Å². The zero-order chi connectivity index (χ0) is 18.2. The van der Waals surface area contributed by atoms with E-state index in [1.54, 1.807) is 0 Å². The molecule has 0 amide bonds. The third kappa shape index (κ3) is 8.22. The Morgan fingerprint density at radius 3 is 2.46 bits per heavy atom. The lowest BCUT2D eigenvalue weighted by Crippen LogP contribution is -2.39. The maximum atomic E-state index is 11.0. The molecular weight excluding hydrogens is 465 g/mol. The Bertz CT molecular complexity index is 662. The van der Waals surface area contributed by atoms with Crippen molar-refractivity contribution < 1.29 is 13.2 Å². The molecule has 0 aromatic heterocycles. The van der Waals surface area contributed by atoms with Crippen LogP contribution in [-0.2, 0) is 20.0 Å². The molecule has 0 spiro atoms. The number of ether oxygens (including phenoxy) is 1. The molecule has 1 aromatic carbocycles. The highest BCUT2D eigenvalue weighted by molar-refractivity contribution is 14.0. The van der Waals surface area contributed by atoms with Gasteiger partial charge in [0, 0.05) is 24.8 Å². The summed E-state index contributed by atoms with van der Waals surface area (Å²) in [6.07, 6.45) is 3.56. The molecule has 26 heavy (non-hydrogen) atoms. The molecule has 1 fully saturated rings. The minimum atomic E-state index is -2.96. The summed E-state index contributed by atoms with van der Waals surface area (Å²) in [6, 6.07) is 10.6. The SMILES string of the molecule is CCNC(=NCC1(c2ccccc2)CC1)NCCOCCS(C)(=O)=O.I. The number of sulfone groups is 1. The molecule has 148 valence electrons. The van der Waals surface area contributed by atoms with E-state index in [4.69, 9.17) is 9.73 Å². The highest BCUT2D eigenvalue weighted by atomic mass is 127. The maximum Gasteiger partial charge on any atom is 0.191 e. The zero-order valence-electron chi connectivity index (χ0n) is 15.5. The fraction of sp³-hybridized carbons (Fsp3) is 0.611. The Labute approximate surface area is 174 Å². The summed E-state index contributed by atoms with van der Waals surface area (Å²) in [6.45, 7) is 4.85. The van der Waals surface area contributed by atoms with Gasteiger partial charge in [-0.25, -0.2) is 8.42 Å². The topological polar surface area (TPSA) is 79.8 Å². The molecule has 0 atom stereocenters. The first kappa shape index (κ1) is 23.2. The van der Waals surface area contributed by atoms with E-state index < -0.39 is 9.84 Å². The largest absolute Gasteiger partial charge is 0.379 e. The van der Waals surface area contributed by atoms with E-state index in [1.807, 2.05) is 13.0 Å². The van der Waals surface area contributed by atoms with Crippen molar-refractivity contribution in [2.75, 3.05) is 44.9 Å². The van der Waals surface area contributed by atoms with E-state index in [2.05, 4.69) is 34.9 Å². The minimum Gasteiger partial charge on any atom is -0.379 e. The third-order valence-corrected chi connectivity index (χ3v) is 5.17. The van der Waals surface area contributed by atoms with E-state index in [0.29, 0.717) is 13.2 Å². The molecule has 2 N–H and O–H groups in total. The Kier molecular flexibility index (Phi) is 9.88. The number of benzene rings is 1. The van der Waals surface area contributed by atoms with Crippen molar-refractivity contribution in [3.8, 4) is 0 Å². The van der Waals surface area contributed by atoms with Gasteiger partial charge in [0.25, 0.3) is 0 Å². The van der Waals surface area contributed by atoms with Gasteiger partial charge in [-0.2, -0.15) is 0 Å². The monoisotopic (exact) mass is 495 g/mol. The molecule has 0 heterocycles. The molecule has 1 aliphatic carbocycles. The summed E-state index contributed by atoms with van der Waals surface area (Å²) in [5.41, 5.74) is 1.55. The molecule has 1 aliphatic rings. The van der Waals surface area contributed by atoms with Gasteiger partial charge in [0.05, 0.1) is 25.5 Å². The lowest BCUT2D eigenvalue weighted by atomic mass is 9.96. The normalized spacial score (nSPS) is 15.8. The first-order valence-corrected chi connectivity index (χ1v) is 10.8. The summed E-state index contributed by atoms with van der Waals surface area (Å²) in [7, 11) is -2.96. The Morgan fingerprint density at radius 1 is 1.19 bits per heavy atom. The Hall–Kier alpha value is -0.870. The van der Waals surface area contributed by atoms with Gasteiger partial charge < -0.3 is 15.4 Å². The van der Waals surface area contributed by atoms with Crippen molar-refractivity contribution >= 4 is 39.8 Å². The quantitative estimate of drug-likeness (QED) is 0.225. The van der Waals surface area contributed by atoms with Crippen LogP contribution in [0.2, 0.25) is 0 Å². The maximum absolute atomic E-state index is 11.0. The number of halogens is 1. The van der Waals surface area contributed by atoms with Crippen molar-refractivity contribution in [2.24, 2.45) is 4.99 Å². The molecule has 8 heteroatoms. The highest BCUT2D eigenvalue weighted by Crippen LogP contribution is 2.48. The second kappa shape index (κ2) is 11.1. The fourth-order valence-electron chi connectivity index (χ4n) is 2.61. The molecule has 0 unspecified atom stereocenters. The number of aliphatic imine (C=N–C) groups is 1. The van der Waals surface area contributed by atoms with Crippen LogP contribution in [0.3, 0.4) is 0 Å². The molecule has 2 rings (SSSR count). The summed E-state index contributed by atoms with van der Waals surface area (Å²) < 4.78 is 27.4. The summed E-state index contributed by atoms with van der Waals surface area (Å²) in [5.74, 6) is 0.831. The average Bonchev–Trinajstić information content (AvgIpc) is 3.37. The van der Waals surface area contributed by atoms with Gasteiger partial charge in [-0.3, -0.25) is 4.99 Å². The van der Waals surface area contributed by atoms with Crippen LogP contribution in [0, 0.1) is 0 Å². The summed E-state index contributed by atoms with van der Waals surface area (Å²) in [5, 5.41) is 6.47. The van der Waals surface area contributed by atoms with Gasteiger partial charge in [0.1, 0.15) is 9.84 Å². The fourth-order valence-corrected chi connectivity index (χ4v) is 3.03. The van der Waals surface area contributed by atoms with Gasteiger partial charge in [0.15, 0.2) is 5.96 Å². The molecule has 6 nitrogen and oxygen atoms in total. The molecule has 0 bridgehead atoms. The standard InChI is InChI=1S/C18H29N3O3S.HI/c1-3-19-17(20-11-12-24-13-14-25(2,22)23)21-15-18(9-10-18)16-7-5-4-6-8-16;/h4-8H,3,9-15H2,1-2H3,(H2,19,20,21);1H. The zero-order valence-corrected chi connectivity index (χ0v) is 18.7. The minimum absolute atomic E-state index is 0.